The van der Waals surface area contributed by atoms with Gasteiger partial charge in [0.05, 0.1) is 19.8 Å². The highest BCUT2D eigenvalue weighted by atomic mass is 16.4. The Morgan fingerprint density at radius 3 is 1.19 bits per heavy atom. The number of carbonyl (C=O) groups excluding carboxylic acids is 1. The largest absolute Gasteiger partial charge is 0.550 e. The van der Waals surface area contributed by atoms with Crippen molar-refractivity contribution in [3.8, 4) is 0 Å². The molecule has 0 spiro atoms. The number of unbranched alkanes of at least 4 members (excludes halogenated alkanes) is 16. The number of rotatable bonds is 24. The van der Waals surface area contributed by atoms with Gasteiger partial charge in [-0.2, -0.15) is 0 Å². The fourth-order valence-corrected chi connectivity index (χ4v) is 3.94. The maximum absolute atomic E-state index is 9.65. The first-order valence-electron chi connectivity index (χ1n) is 13.9. The number of aliphatic carboxylic acids is 1. The maximum atomic E-state index is 9.65. The minimum atomic E-state index is -0.943. The Balaban J connectivity index is 0. The number of carboxylic acid groups (broad SMARTS) is 1. The molecule has 0 amide bonds. The molecule has 3 N–H and O–H groups in total. The van der Waals surface area contributed by atoms with Gasteiger partial charge >= 0.3 is 0 Å². The minimum absolute atomic E-state index is 0.205. The van der Waals surface area contributed by atoms with E-state index in [1.54, 1.807) is 0 Å². The molecule has 5 nitrogen and oxygen atoms in total. The minimum Gasteiger partial charge on any atom is -0.550 e. The van der Waals surface area contributed by atoms with Crippen molar-refractivity contribution in [3.63, 3.8) is 0 Å². The SMILES string of the molecule is CCCCC(=O)[O-].CCCCCCCCCCCCCCCCCC[NH+](CCO)CCO. The fraction of sp³-hybridized carbons (Fsp3) is 0.963. The first kappa shape index (κ1) is 33.5. The zero-order valence-corrected chi connectivity index (χ0v) is 21.7. The van der Waals surface area contributed by atoms with Gasteiger partial charge in [-0.15, -0.1) is 0 Å². The van der Waals surface area contributed by atoms with Crippen molar-refractivity contribution in [3.05, 3.63) is 0 Å². The molecule has 0 aromatic heterocycles. The molecular formula is C27H57NO4. The van der Waals surface area contributed by atoms with Crippen molar-refractivity contribution in [2.75, 3.05) is 32.8 Å². The molecule has 0 aromatic carbocycles. The van der Waals surface area contributed by atoms with Gasteiger partial charge in [-0.3, -0.25) is 0 Å². The smallest absolute Gasteiger partial charge is 0.101 e. The van der Waals surface area contributed by atoms with E-state index in [0.717, 1.165) is 32.5 Å². The number of hydrogen-bond donors (Lipinski definition) is 3. The summed E-state index contributed by atoms with van der Waals surface area (Å²) < 4.78 is 0. The van der Waals surface area contributed by atoms with Crippen molar-refractivity contribution in [2.24, 2.45) is 0 Å². The monoisotopic (exact) mass is 459 g/mol. The van der Waals surface area contributed by atoms with Crippen LogP contribution >= 0.6 is 0 Å². The standard InChI is InChI=1S/C22H47NO2.C5H10O2/c1-2-3-4-5-6-7-8-9-10-11-12-13-14-15-16-17-18-23(19-21-24)20-22-25;1-2-3-4-5(6)7/h24-25H,2-22H2,1H3;2-4H2,1H3,(H,6,7). The van der Waals surface area contributed by atoms with Gasteiger partial charge in [-0.1, -0.05) is 110 Å². The van der Waals surface area contributed by atoms with Crippen molar-refractivity contribution in [2.45, 2.75) is 136 Å². The third-order valence-electron chi connectivity index (χ3n) is 6.05. The topological polar surface area (TPSA) is 85.0 Å². The highest BCUT2D eigenvalue weighted by Gasteiger charge is 2.05. The van der Waals surface area contributed by atoms with E-state index in [1.807, 2.05) is 6.92 Å². The van der Waals surface area contributed by atoms with Crippen LogP contribution in [0.2, 0.25) is 0 Å². The Bertz CT molecular complexity index is 347. The Morgan fingerprint density at radius 1 is 0.562 bits per heavy atom. The number of hydrogen-bond acceptors (Lipinski definition) is 4. The van der Waals surface area contributed by atoms with Crippen molar-refractivity contribution in [1.82, 2.24) is 0 Å². The summed E-state index contributed by atoms with van der Waals surface area (Å²) in [4.78, 5) is 11.0. The van der Waals surface area contributed by atoms with Crippen LogP contribution < -0.4 is 10.0 Å². The average Bonchev–Trinajstić information content (AvgIpc) is 2.78. The lowest BCUT2D eigenvalue weighted by molar-refractivity contribution is -0.901. The summed E-state index contributed by atoms with van der Waals surface area (Å²) in [6, 6.07) is 0. The second-order valence-electron chi connectivity index (χ2n) is 9.23. The second kappa shape index (κ2) is 30.4. The summed E-state index contributed by atoms with van der Waals surface area (Å²) >= 11 is 0. The third kappa shape index (κ3) is 31.5. The van der Waals surface area contributed by atoms with Crippen LogP contribution in [-0.2, 0) is 4.79 Å². The van der Waals surface area contributed by atoms with Gasteiger partial charge in [-0.25, -0.2) is 0 Å². The van der Waals surface area contributed by atoms with Gasteiger partial charge in [0.1, 0.15) is 13.1 Å². The fourth-order valence-electron chi connectivity index (χ4n) is 3.94. The number of aliphatic hydroxyl groups excluding tert-OH is 2. The van der Waals surface area contributed by atoms with Crippen LogP contribution in [0.3, 0.4) is 0 Å². The highest BCUT2D eigenvalue weighted by molar-refractivity contribution is 5.63. The predicted molar refractivity (Wildman–Crippen MR) is 134 cm³/mol. The van der Waals surface area contributed by atoms with Gasteiger partial charge in [0.15, 0.2) is 0 Å². The van der Waals surface area contributed by atoms with E-state index < -0.39 is 5.97 Å². The summed E-state index contributed by atoms with van der Waals surface area (Å²) in [5, 5.41) is 27.6. The summed E-state index contributed by atoms with van der Waals surface area (Å²) in [6.07, 6.45) is 24.3. The molecule has 0 radical (unpaired) electrons. The molecule has 0 saturated heterocycles. The van der Waals surface area contributed by atoms with E-state index >= 15 is 0 Å². The molecule has 0 bridgehead atoms. The zero-order chi connectivity index (χ0) is 24.1. The molecule has 0 aliphatic rings. The van der Waals surface area contributed by atoms with E-state index in [1.165, 1.54) is 108 Å². The van der Waals surface area contributed by atoms with E-state index in [4.69, 9.17) is 10.2 Å². The first-order chi connectivity index (χ1) is 15.6. The van der Waals surface area contributed by atoms with Crippen LogP contribution in [-0.4, -0.2) is 49.0 Å². The third-order valence-corrected chi connectivity index (χ3v) is 6.05. The molecule has 0 aliphatic heterocycles. The molecule has 194 valence electrons. The van der Waals surface area contributed by atoms with Crippen LogP contribution in [0.15, 0.2) is 0 Å². The lowest BCUT2D eigenvalue weighted by Crippen LogP contribution is -3.13. The van der Waals surface area contributed by atoms with Crippen molar-refractivity contribution in [1.29, 1.82) is 0 Å². The predicted octanol–water partition coefficient (Wildman–Crippen LogP) is 4.04. The Morgan fingerprint density at radius 2 is 0.906 bits per heavy atom. The number of nitrogens with one attached hydrogen (secondary N) is 1. The molecule has 5 heteroatoms. The quantitative estimate of drug-likeness (QED) is 0.190. The molecule has 0 rings (SSSR count). The van der Waals surface area contributed by atoms with Crippen LogP contribution in [0.25, 0.3) is 0 Å². The lowest BCUT2D eigenvalue weighted by Gasteiger charge is -2.17. The molecule has 0 atom stereocenters. The normalized spacial score (nSPS) is 10.9. The number of quaternary nitrogens is 1. The molecule has 0 aliphatic carbocycles. The molecule has 0 aromatic rings. The number of aliphatic hydroxyl groups is 2. The van der Waals surface area contributed by atoms with Gasteiger partial charge in [0.25, 0.3) is 0 Å². The summed E-state index contributed by atoms with van der Waals surface area (Å²) in [6.45, 7) is 7.34. The molecule has 0 saturated carbocycles. The molecule has 0 heterocycles. The molecule has 0 fully saturated rings. The van der Waals surface area contributed by atoms with E-state index in [9.17, 15) is 9.90 Å². The number of carbonyl (C=O) groups is 1. The van der Waals surface area contributed by atoms with Crippen LogP contribution in [0, 0.1) is 0 Å². The maximum Gasteiger partial charge on any atom is 0.101 e. The van der Waals surface area contributed by atoms with Gasteiger partial charge in [0, 0.05) is 5.97 Å². The van der Waals surface area contributed by atoms with Crippen LogP contribution in [0.4, 0.5) is 0 Å². The summed E-state index contributed by atoms with van der Waals surface area (Å²) in [5.74, 6) is -0.943. The Labute approximate surface area is 200 Å². The van der Waals surface area contributed by atoms with Crippen LogP contribution in [0.1, 0.15) is 136 Å². The van der Waals surface area contributed by atoms with Gasteiger partial charge < -0.3 is 25.0 Å². The summed E-state index contributed by atoms with van der Waals surface area (Å²) in [7, 11) is 0. The number of carboxylic acids is 1. The van der Waals surface area contributed by atoms with E-state index in [2.05, 4.69) is 6.92 Å². The molecular weight excluding hydrogens is 402 g/mol. The average molecular weight is 460 g/mol. The van der Waals surface area contributed by atoms with Gasteiger partial charge in [0.2, 0.25) is 0 Å². The van der Waals surface area contributed by atoms with E-state index in [0.29, 0.717) is 0 Å². The Hall–Kier alpha value is -0.650. The van der Waals surface area contributed by atoms with Crippen LogP contribution in [0.5, 0.6) is 0 Å². The zero-order valence-electron chi connectivity index (χ0n) is 21.7. The second-order valence-corrected chi connectivity index (χ2v) is 9.23. The van der Waals surface area contributed by atoms with Crippen molar-refractivity contribution < 1.29 is 25.0 Å². The first-order valence-corrected chi connectivity index (χ1v) is 13.9. The Kier molecular flexibility index (Phi) is 31.8. The van der Waals surface area contributed by atoms with E-state index in [-0.39, 0.29) is 19.6 Å². The molecule has 32 heavy (non-hydrogen) atoms. The lowest BCUT2D eigenvalue weighted by atomic mass is 10.0. The van der Waals surface area contributed by atoms with Gasteiger partial charge in [-0.05, 0) is 25.7 Å². The molecule has 0 unspecified atom stereocenters. The highest BCUT2D eigenvalue weighted by Crippen LogP contribution is 2.13. The summed E-state index contributed by atoms with van der Waals surface area (Å²) in [5.41, 5.74) is 0. The van der Waals surface area contributed by atoms with Crippen molar-refractivity contribution >= 4 is 5.97 Å².